The third-order valence-corrected chi connectivity index (χ3v) is 23.0. The van der Waals surface area contributed by atoms with Crippen LogP contribution in [-0.2, 0) is 23.2 Å². The average Bonchev–Trinajstić information content (AvgIpc) is 3.55. The molecule has 5 rings (SSSR count). The van der Waals surface area contributed by atoms with Crippen molar-refractivity contribution in [1.29, 1.82) is 0 Å². The molecule has 1 fully saturated rings. The minimum Gasteiger partial charge on any atom is -0.469 e. The second kappa shape index (κ2) is 21.3. The lowest BCUT2D eigenvalue weighted by Gasteiger charge is -2.48. The first-order chi connectivity index (χ1) is 29.1. The monoisotopic (exact) mass is 856 g/mol. The lowest BCUT2D eigenvalue weighted by Crippen LogP contribution is -2.69. The third kappa shape index (κ3) is 11.3. The second-order valence-electron chi connectivity index (χ2n) is 19.2. The zero-order valence-electron chi connectivity index (χ0n) is 38.5. The Morgan fingerprint density at radius 1 is 0.672 bits per heavy atom. The number of ether oxygens (including phenoxy) is 1. The van der Waals surface area contributed by atoms with Gasteiger partial charge in [0.2, 0.25) is 0 Å². The molecule has 5 nitrogen and oxygen atoms in total. The van der Waals surface area contributed by atoms with E-state index in [1.54, 1.807) is 0 Å². The van der Waals surface area contributed by atoms with Crippen LogP contribution in [0, 0.1) is 11.8 Å². The number of esters is 1. The number of ketones is 1. The van der Waals surface area contributed by atoms with Crippen LogP contribution < -0.4 is 20.7 Å². The molecule has 4 aromatic rings. The van der Waals surface area contributed by atoms with Gasteiger partial charge in [0.25, 0.3) is 16.6 Å². The smallest absolute Gasteiger partial charge is 0.305 e. The van der Waals surface area contributed by atoms with E-state index >= 15 is 0 Å². The summed E-state index contributed by atoms with van der Waals surface area (Å²) in [6.45, 7) is 18.4. The van der Waals surface area contributed by atoms with Crippen molar-refractivity contribution in [2.24, 2.45) is 11.8 Å². The van der Waals surface area contributed by atoms with E-state index in [0.29, 0.717) is 25.7 Å². The molecule has 0 aliphatic heterocycles. The van der Waals surface area contributed by atoms with Gasteiger partial charge in [-0.2, -0.15) is 0 Å². The molecule has 1 aliphatic rings. The number of carbonyl (C=O) groups is 2. The fourth-order valence-corrected chi connectivity index (χ4v) is 19.1. The summed E-state index contributed by atoms with van der Waals surface area (Å²) in [5.41, 5.74) is -0.647. The molecule has 0 N–H and O–H groups in total. The SMILES string of the molecule is CCCCCC(C)(/C=C/[C@H]1C(=O)C[C@H](O[Si](c2ccccc2)(c2ccccc2)C(C)(C)C)[C@@H]1C/C=C\CCCC(=O)OC)O[Si](c1ccccc1)(c1ccccc1)C(C)(C)C. The van der Waals surface area contributed by atoms with Gasteiger partial charge < -0.3 is 13.6 Å². The van der Waals surface area contributed by atoms with Crippen molar-refractivity contribution in [3.8, 4) is 0 Å². The van der Waals surface area contributed by atoms with Crippen molar-refractivity contribution in [3.63, 3.8) is 0 Å². The minimum atomic E-state index is -2.97. The quantitative estimate of drug-likeness (QED) is 0.0383. The van der Waals surface area contributed by atoms with Crippen LogP contribution in [0.15, 0.2) is 146 Å². The minimum absolute atomic E-state index is 0.0880. The van der Waals surface area contributed by atoms with Gasteiger partial charge in [-0.25, -0.2) is 0 Å². The van der Waals surface area contributed by atoms with Crippen molar-refractivity contribution in [1.82, 2.24) is 0 Å². The van der Waals surface area contributed by atoms with Crippen LogP contribution in [0.5, 0.6) is 0 Å². The highest BCUT2D eigenvalue weighted by atomic mass is 28.4. The van der Waals surface area contributed by atoms with Crippen molar-refractivity contribution in [3.05, 3.63) is 146 Å². The third-order valence-electron chi connectivity index (χ3n) is 12.7. The molecular weight excluding hydrogens is 785 g/mol. The summed E-state index contributed by atoms with van der Waals surface area (Å²) in [5, 5.41) is 4.47. The fourth-order valence-electron chi connectivity index (χ4n) is 9.59. The van der Waals surface area contributed by atoms with Crippen molar-refractivity contribution in [2.75, 3.05) is 7.11 Å². The predicted octanol–water partition coefficient (Wildman–Crippen LogP) is 10.9. The number of unbranched alkanes of at least 4 members (excludes halogenated alkanes) is 3. The van der Waals surface area contributed by atoms with Crippen LogP contribution in [-0.4, -0.2) is 47.2 Å². The van der Waals surface area contributed by atoms with Gasteiger partial charge in [-0.1, -0.05) is 213 Å². The summed E-state index contributed by atoms with van der Waals surface area (Å²) in [4.78, 5) is 26.5. The number of Topliss-reactive ketones (excluding diaryl/α,β-unsaturated/α-hetero) is 1. The highest BCUT2D eigenvalue weighted by Gasteiger charge is 2.56. The Bertz CT molecular complexity index is 1940. The van der Waals surface area contributed by atoms with Gasteiger partial charge in [-0.3, -0.25) is 9.59 Å². The summed E-state index contributed by atoms with van der Waals surface area (Å²) < 4.78 is 20.6. The van der Waals surface area contributed by atoms with Crippen LogP contribution in [0.2, 0.25) is 10.1 Å². The van der Waals surface area contributed by atoms with E-state index in [0.717, 1.165) is 32.1 Å². The van der Waals surface area contributed by atoms with Gasteiger partial charge in [0, 0.05) is 24.7 Å². The highest BCUT2D eigenvalue weighted by molar-refractivity contribution is 7.00. The fraction of sp³-hybridized carbons (Fsp3) is 0.444. The maximum atomic E-state index is 14.7. The van der Waals surface area contributed by atoms with E-state index in [1.807, 2.05) is 0 Å². The second-order valence-corrected chi connectivity index (χ2v) is 27.7. The Balaban J connectivity index is 1.61. The first-order valence-corrected chi connectivity index (χ1v) is 26.5. The van der Waals surface area contributed by atoms with Crippen LogP contribution >= 0.6 is 0 Å². The maximum Gasteiger partial charge on any atom is 0.305 e. The molecule has 4 atom stereocenters. The number of benzene rings is 4. The standard InChI is InChI=1S/C54H72O5Si2/c1-10-11-28-40-54(8,59-61(53(5,6)7,45-33-22-16-23-34-45)46-35-24-17-25-36-46)41-39-47-48(37-26-12-13-27-38-51(56)57-9)50(42-49(47)55)58-60(52(2,3)4,43-29-18-14-19-30-43)44-31-20-15-21-32-44/h12,14-26,29-36,39,41,47-48,50H,10-11,13,27-28,37-38,40,42H2,1-9H3/b26-12-,41-39+/t47-,48-,50+,54?/m1/s1. The van der Waals surface area contributed by atoms with Gasteiger partial charge in [-0.05, 0) is 63.4 Å². The molecule has 61 heavy (non-hydrogen) atoms. The van der Waals surface area contributed by atoms with E-state index in [2.05, 4.69) is 201 Å². The first-order valence-electron chi connectivity index (χ1n) is 22.7. The van der Waals surface area contributed by atoms with Gasteiger partial charge in [0.05, 0.1) is 18.8 Å². The molecule has 0 amide bonds. The molecule has 0 spiro atoms. The van der Waals surface area contributed by atoms with Crippen LogP contribution in [0.1, 0.15) is 113 Å². The lowest BCUT2D eigenvalue weighted by molar-refractivity contribution is -0.140. The molecule has 7 heteroatoms. The molecule has 4 aromatic carbocycles. The lowest BCUT2D eigenvalue weighted by atomic mass is 9.88. The summed E-state index contributed by atoms with van der Waals surface area (Å²) in [6.07, 6.45) is 15.5. The number of methoxy groups -OCH3 is 1. The van der Waals surface area contributed by atoms with Gasteiger partial charge in [-0.15, -0.1) is 0 Å². The van der Waals surface area contributed by atoms with Crippen molar-refractivity contribution in [2.45, 2.75) is 135 Å². The maximum absolute atomic E-state index is 14.7. The molecule has 0 aromatic heterocycles. The molecule has 0 heterocycles. The molecule has 326 valence electrons. The Morgan fingerprint density at radius 3 is 1.59 bits per heavy atom. The number of carbonyl (C=O) groups excluding carboxylic acids is 2. The largest absolute Gasteiger partial charge is 0.469 e. The number of hydrogen-bond donors (Lipinski definition) is 0. The Labute approximate surface area is 370 Å². The van der Waals surface area contributed by atoms with E-state index in [1.165, 1.54) is 27.9 Å². The topological polar surface area (TPSA) is 61.8 Å². The van der Waals surface area contributed by atoms with Crippen molar-refractivity contribution < 1.29 is 23.2 Å². The summed E-state index contributed by atoms with van der Waals surface area (Å²) in [5.74, 6) is -0.420. The first kappa shape index (κ1) is 47.9. The molecule has 1 unspecified atom stereocenters. The van der Waals surface area contributed by atoms with E-state index in [-0.39, 0.29) is 39.8 Å². The normalized spacial score (nSPS) is 18.8. The number of allylic oxidation sites excluding steroid dienone is 3. The van der Waals surface area contributed by atoms with Gasteiger partial charge in [0.1, 0.15) is 5.78 Å². The van der Waals surface area contributed by atoms with Crippen LogP contribution in [0.3, 0.4) is 0 Å². The molecular formula is C54H72O5Si2. The van der Waals surface area contributed by atoms with E-state index in [4.69, 9.17) is 13.6 Å². The molecule has 0 radical (unpaired) electrons. The zero-order chi connectivity index (χ0) is 44.2. The molecule has 0 bridgehead atoms. The molecule has 1 saturated carbocycles. The number of hydrogen-bond acceptors (Lipinski definition) is 5. The summed E-state index contributed by atoms with van der Waals surface area (Å²) in [7, 11) is -4.48. The van der Waals surface area contributed by atoms with E-state index in [9.17, 15) is 9.59 Å². The van der Waals surface area contributed by atoms with Crippen LogP contribution in [0.4, 0.5) is 0 Å². The Hall–Kier alpha value is -4.15. The predicted molar refractivity (Wildman–Crippen MR) is 259 cm³/mol. The van der Waals surface area contributed by atoms with E-state index < -0.39 is 22.2 Å². The Kier molecular flexibility index (Phi) is 16.7. The van der Waals surface area contributed by atoms with Crippen LogP contribution in [0.25, 0.3) is 0 Å². The molecule has 0 saturated heterocycles. The van der Waals surface area contributed by atoms with Gasteiger partial charge >= 0.3 is 5.97 Å². The summed E-state index contributed by atoms with van der Waals surface area (Å²) in [6, 6.07) is 43.2. The van der Waals surface area contributed by atoms with Gasteiger partial charge in [0.15, 0.2) is 0 Å². The summed E-state index contributed by atoms with van der Waals surface area (Å²) >= 11 is 0. The van der Waals surface area contributed by atoms with Crippen molar-refractivity contribution >= 4 is 49.1 Å². The zero-order valence-corrected chi connectivity index (χ0v) is 40.5. The highest BCUT2D eigenvalue weighted by Crippen LogP contribution is 2.45. The Morgan fingerprint density at radius 2 is 1.15 bits per heavy atom. The molecule has 1 aliphatic carbocycles. The number of rotatable bonds is 20. The average molecular weight is 857 g/mol.